The Balaban J connectivity index is 1.68. The number of aryl methyl sites for hydroxylation is 1. The van der Waals surface area contributed by atoms with Gasteiger partial charge in [-0.1, -0.05) is 0 Å². The predicted octanol–water partition coefficient (Wildman–Crippen LogP) is 1.52. The molecule has 0 saturated carbocycles. The lowest BCUT2D eigenvalue weighted by atomic mass is 10.2. The monoisotopic (exact) mass is 301 g/mol. The molecule has 0 aromatic carbocycles. The van der Waals surface area contributed by atoms with Crippen molar-refractivity contribution in [3.8, 4) is 0 Å². The van der Waals surface area contributed by atoms with Crippen molar-refractivity contribution in [2.24, 2.45) is 0 Å². The second-order valence-corrected chi connectivity index (χ2v) is 4.54. The highest BCUT2D eigenvalue weighted by atomic mass is 19.4. The fraction of sp³-hybridized carbons (Fsp3) is 0.500. The van der Waals surface area contributed by atoms with Crippen LogP contribution in [0.3, 0.4) is 0 Å². The largest absolute Gasteiger partial charge is 0.389 e. The minimum absolute atomic E-state index is 0.325. The van der Waals surface area contributed by atoms with Crippen LogP contribution < -0.4 is 5.32 Å². The number of rotatable bonds is 6. The maximum absolute atomic E-state index is 11.9. The zero-order chi connectivity index (χ0) is 15.3. The number of nitrogens with zero attached hydrogens (tertiary/aromatic N) is 4. The number of nitrogens with one attached hydrogen (secondary N) is 1. The topological polar surface area (TPSA) is 72.2 Å². The van der Waals surface area contributed by atoms with Crippen LogP contribution in [0.5, 0.6) is 0 Å². The predicted molar refractivity (Wildman–Crippen MR) is 67.4 cm³/mol. The van der Waals surface area contributed by atoms with Gasteiger partial charge in [-0.25, -0.2) is 9.50 Å². The van der Waals surface area contributed by atoms with Gasteiger partial charge in [-0.05, 0) is 18.4 Å². The normalized spacial score (nSPS) is 11.8. The minimum atomic E-state index is -4.30. The molecule has 114 valence electrons. The first kappa shape index (κ1) is 15.2. The molecule has 0 saturated heterocycles. The van der Waals surface area contributed by atoms with E-state index in [-0.39, 0.29) is 0 Å². The molecule has 0 aliphatic heterocycles. The van der Waals surface area contributed by atoms with Crippen molar-refractivity contribution in [3.05, 3.63) is 24.3 Å². The Morgan fingerprint density at radius 2 is 2.14 bits per heavy atom. The molecule has 0 unspecified atom stereocenters. The molecule has 0 bridgehead atoms. The van der Waals surface area contributed by atoms with Gasteiger partial charge in [0.1, 0.15) is 6.33 Å². The number of aromatic nitrogens is 4. The minimum Gasteiger partial charge on any atom is -0.356 e. The summed E-state index contributed by atoms with van der Waals surface area (Å²) in [6, 6.07) is 0. The molecule has 0 atom stereocenters. The summed E-state index contributed by atoms with van der Waals surface area (Å²) >= 11 is 0. The number of fused-ring (bicyclic) bond motifs is 1. The summed E-state index contributed by atoms with van der Waals surface area (Å²) in [5.41, 5.74) is 0.914. The third-order valence-electron chi connectivity index (χ3n) is 2.79. The van der Waals surface area contributed by atoms with E-state index in [9.17, 15) is 18.0 Å². The molecular formula is C12H14F3N5O. The number of halogens is 3. The van der Waals surface area contributed by atoms with Crippen molar-refractivity contribution in [3.63, 3.8) is 0 Å². The second kappa shape index (κ2) is 6.51. The zero-order valence-electron chi connectivity index (χ0n) is 11.1. The summed E-state index contributed by atoms with van der Waals surface area (Å²) in [7, 11) is 0. The lowest BCUT2D eigenvalue weighted by Gasteiger charge is -2.07. The average Bonchev–Trinajstić information content (AvgIpc) is 2.88. The third kappa shape index (κ3) is 5.01. The van der Waals surface area contributed by atoms with E-state index in [1.165, 1.54) is 10.8 Å². The van der Waals surface area contributed by atoms with E-state index in [4.69, 9.17) is 0 Å². The van der Waals surface area contributed by atoms with Crippen molar-refractivity contribution in [2.45, 2.75) is 31.9 Å². The van der Waals surface area contributed by atoms with Crippen LogP contribution >= 0.6 is 0 Å². The van der Waals surface area contributed by atoms with Crippen LogP contribution in [0.1, 0.15) is 24.8 Å². The summed E-state index contributed by atoms with van der Waals surface area (Å²) in [5.74, 6) is -0.0867. The molecule has 0 aliphatic carbocycles. The molecule has 0 spiro atoms. The van der Waals surface area contributed by atoms with Crippen LogP contribution in [0, 0.1) is 0 Å². The Labute approximate surface area is 118 Å². The summed E-state index contributed by atoms with van der Waals surface area (Å²) in [5, 5.41) is 6.41. The van der Waals surface area contributed by atoms with Gasteiger partial charge >= 0.3 is 6.18 Å². The molecule has 2 aromatic rings. The van der Waals surface area contributed by atoms with E-state index in [0.717, 1.165) is 5.56 Å². The molecule has 0 fully saturated rings. The molecule has 6 nitrogen and oxygen atoms in total. The Kier molecular flexibility index (Phi) is 4.71. The summed E-state index contributed by atoms with van der Waals surface area (Å²) in [6.07, 6.45) is 0.170. The van der Waals surface area contributed by atoms with Crippen molar-refractivity contribution >= 4 is 11.7 Å². The number of carbonyl (C=O) groups is 1. The SMILES string of the molecule is O=C(CCC(F)(F)F)NCCCc1cnc2ncnn2c1. The van der Waals surface area contributed by atoms with Gasteiger partial charge in [0.05, 0.1) is 6.42 Å². The van der Waals surface area contributed by atoms with E-state index in [1.54, 1.807) is 12.4 Å². The third-order valence-corrected chi connectivity index (χ3v) is 2.79. The number of hydrogen-bond donors (Lipinski definition) is 1. The molecule has 9 heteroatoms. The van der Waals surface area contributed by atoms with Gasteiger partial charge < -0.3 is 5.32 Å². The van der Waals surface area contributed by atoms with Crippen LogP contribution in [-0.4, -0.2) is 38.2 Å². The highest BCUT2D eigenvalue weighted by molar-refractivity contribution is 5.75. The van der Waals surface area contributed by atoms with Crippen molar-refractivity contribution < 1.29 is 18.0 Å². The maximum Gasteiger partial charge on any atom is 0.389 e. The summed E-state index contributed by atoms with van der Waals surface area (Å²) in [4.78, 5) is 19.2. The maximum atomic E-state index is 11.9. The lowest BCUT2D eigenvalue weighted by Crippen LogP contribution is -2.26. The van der Waals surface area contributed by atoms with Gasteiger partial charge in [0.2, 0.25) is 5.91 Å². The molecule has 1 N–H and O–H groups in total. The van der Waals surface area contributed by atoms with Crippen molar-refractivity contribution in [2.75, 3.05) is 6.54 Å². The lowest BCUT2D eigenvalue weighted by molar-refractivity contribution is -0.144. The molecule has 0 aliphatic rings. The first-order valence-electron chi connectivity index (χ1n) is 6.42. The number of hydrogen-bond acceptors (Lipinski definition) is 4. The van der Waals surface area contributed by atoms with E-state index < -0.39 is 24.9 Å². The van der Waals surface area contributed by atoms with E-state index >= 15 is 0 Å². The Morgan fingerprint density at radius 1 is 1.33 bits per heavy atom. The number of carbonyl (C=O) groups excluding carboxylic acids is 1. The first-order valence-corrected chi connectivity index (χ1v) is 6.42. The Bertz CT molecular complexity index is 610. The number of alkyl halides is 3. The van der Waals surface area contributed by atoms with Gasteiger partial charge in [0.25, 0.3) is 5.78 Å². The molecule has 2 heterocycles. The van der Waals surface area contributed by atoms with Gasteiger partial charge in [-0.15, -0.1) is 0 Å². The van der Waals surface area contributed by atoms with Crippen LogP contribution in [-0.2, 0) is 11.2 Å². The van der Waals surface area contributed by atoms with Crippen molar-refractivity contribution in [1.82, 2.24) is 24.9 Å². The van der Waals surface area contributed by atoms with E-state index in [1.807, 2.05) is 0 Å². The second-order valence-electron chi connectivity index (χ2n) is 4.54. The average molecular weight is 301 g/mol. The van der Waals surface area contributed by atoms with Gasteiger partial charge in [-0.3, -0.25) is 4.79 Å². The molecular weight excluding hydrogens is 287 g/mol. The zero-order valence-corrected chi connectivity index (χ0v) is 11.1. The fourth-order valence-electron chi connectivity index (χ4n) is 1.75. The van der Waals surface area contributed by atoms with Gasteiger partial charge in [-0.2, -0.15) is 23.3 Å². The Hall–Kier alpha value is -2.19. The van der Waals surface area contributed by atoms with Crippen molar-refractivity contribution in [1.29, 1.82) is 0 Å². The van der Waals surface area contributed by atoms with Crippen LogP contribution in [0.4, 0.5) is 13.2 Å². The number of amides is 1. The highest BCUT2D eigenvalue weighted by Crippen LogP contribution is 2.20. The Morgan fingerprint density at radius 3 is 2.90 bits per heavy atom. The summed E-state index contributed by atoms with van der Waals surface area (Å²) < 4.78 is 37.3. The van der Waals surface area contributed by atoms with Crippen LogP contribution in [0.25, 0.3) is 5.78 Å². The smallest absolute Gasteiger partial charge is 0.356 e. The molecule has 2 aromatic heterocycles. The van der Waals surface area contributed by atoms with Gasteiger partial charge in [0.15, 0.2) is 0 Å². The molecule has 0 radical (unpaired) electrons. The quantitative estimate of drug-likeness (QED) is 0.821. The first-order chi connectivity index (χ1) is 9.94. The van der Waals surface area contributed by atoms with Gasteiger partial charge in [0, 0.05) is 25.4 Å². The molecule has 21 heavy (non-hydrogen) atoms. The highest BCUT2D eigenvalue weighted by Gasteiger charge is 2.27. The standard InChI is InChI=1S/C12H14F3N5O/c13-12(14,15)4-3-10(21)16-5-1-2-9-6-17-11-18-8-19-20(11)7-9/h6-8H,1-5H2,(H,16,21). The van der Waals surface area contributed by atoms with E-state index in [2.05, 4.69) is 20.4 Å². The molecule has 2 rings (SSSR count). The summed E-state index contributed by atoms with van der Waals surface area (Å²) in [6.45, 7) is 0.325. The van der Waals surface area contributed by atoms with Crippen LogP contribution in [0.15, 0.2) is 18.7 Å². The van der Waals surface area contributed by atoms with E-state index in [0.29, 0.717) is 25.2 Å². The fourth-order valence-corrected chi connectivity index (χ4v) is 1.75. The molecule has 1 amide bonds. The van der Waals surface area contributed by atoms with Crippen LogP contribution in [0.2, 0.25) is 0 Å².